The van der Waals surface area contributed by atoms with Gasteiger partial charge in [0.15, 0.2) is 91.2 Å². The van der Waals surface area contributed by atoms with Crippen LogP contribution in [0.2, 0.25) is 0 Å². The lowest BCUT2D eigenvalue weighted by molar-refractivity contribution is -0.120. The summed E-state index contributed by atoms with van der Waals surface area (Å²) in [6, 6.07) is 0. The molecule has 0 aliphatic carbocycles. The van der Waals surface area contributed by atoms with Crippen molar-refractivity contribution in [3.05, 3.63) is 50.6 Å². The van der Waals surface area contributed by atoms with Gasteiger partial charge in [-0.3, -0.25) is 78.2 Å². The Labute approximate surface area is 777 Å². The fourth-order valence-electron chi connectivity index (χ4n) is 13.4. The molecule has 57 heteroatoms. The summed E-state index contributed by atoms with van der Waals surface area (Å²) in [6.45, 7) is 26.0. The summed E-state index contributed by atoms with van der Waals surface area (Å²) in [4.78, 5) is 92.7. The molecule has 8 aromatic heterocycles. The summed E-state index contributed by atoms with van der Waals surface area (Å²) >= 11 is 31.5. The van der Waals surface area contributed by atoms with Crippen LogP contribution in [0.5, 0.6) is 0 Å². The van der Waals surface area contributed by atoms with Gasteiger partial charge in [-0.15, -0.1) is 55.5 Å². The predicted molar refractivity (Wildman–Crippen MR) is 479 cm³/mol. The number of alkyl halides is 4. The first-order valence-electron chi connectivity index (χ1n) is 39.8. The molecule has 15 rings (SSSR count). The molecule has 15 heterocycles. The number of halogens is 4. The maximum absolute atomic E-state index is 13.0. The van der Waals surface area contributed by atoms with Gasteiger partial charge in [-0.25, -0.2) is 73.5 Å². The number of hydrogen-bond acceptors (Lipinski definition) is 45. The van der Waals surface area contributed by atoms with E-state index >= 15 is 0 Å². The number of rotatable bonds is 25. The third kappa shape index (κ3) is 23.0. The van der Waals surface area contributed by atoms with E-state index in [4.69, 9.17) is 138 Å². The van der Waals surface area contributed by atoms with Gasteiger partial charge in [-0.2, -0.15) is 0 Å². The molecule has 129 heavy (non-hydrogen) atoms. The van der Waals surface area contributed by atoms with Crippen molar-refractivity contribution in [3.8, 4) is 0 Å². The smallest absolute Gasteiger partial charge is 0.395 e. The molecule has 8 aromatic rings. The van der Waals surface area contributed by atoms with Crippen LogP contribution in [0.4, 0.5) is 23.3 Å². The highest BCUT2D eigenvalue weighted by Crippen LogP contribution is 2.64. The van der Waals surface area contributed by atoms with Gasteiger partial charge >= 0.3 is 31.7 Å². The van der Waals surface area contributed by atoms with Crippen molar-refractivity contribution in [3.63, 3.8) is 0 Å². The monoisotopic (exact) mass is 2040 g/mol. The van der Waals surface area contributed by atoms with Crippen LogP contribution in [-0.2, 0) is 106 Å². The topological polar surface area (TPSA) is 594 Å². The second-order valence-corrected chi connectivity index (χ2v) is 47.8. The van der Waals surface area contributed by atoms with Crippen LogP contribution in [0.25, 0.3) is 44.7 Å². The molecule has 2 unspecified atom stereocenters. The van der Waals surface area contributed by atoms with E-state index in [2.05, 4.69) is 59.8 Å². The molecule has 0 bridgehead atoms. The Bertz CT molecular complexity index is 5180. The van der Waals surface area contributed by atoms with E-state index in [0.29, 0.717) is 61.9 Å². The lowest BCUT2D eigenvalue weighted by Crippen LogP contribution is -2.44. The van der Waals surface area contributed by atoms with E-state index in [1.165, 1.54) is 50.6 Å². The van der Waals surface area contributed by atoms with Gasteiger partial charge in [0.25, 0.3) is 0 Å². The number of carbonyl (C=O) groups is 4. The zero-order chi connectivity index (χ0) is 94.3. The number of hydrogen-bond donors (Lipinski definition) is 6. The Kier molecular flexibility index (Phi) is 32.3. The number of anilines is 4. The quantitative estimate of drug-likeness (QED) is 0.0176. The average Bonchev–Trinajstić information content (AvgIpc) is 1.59. The normalized spacial score (nSPS) is 31.1. The van der Waals surface area contributed by atoms with Crippen LogP contribution >= 0.6 is 125 Å². The number of fused-ring (bicyclic) bond motifs is 7. The van der Waals surface area contributed by atoms with Crippen LogP contribution in [0.15, 0.2) is 50.6 Å². The van der Waals surface area contributed by atoms with Crippen molar-refractivity contribution in [2.75, 3.05) is 105 Å². The molecule has 45 nitrogen and oxygen atoms in total. The number of phosphoric acid groups is 3. The number of phosphoric ester groups is 3. The zero-order valence-corrected chi connectivity index (χ0v) is 82.3. The third-order valence-electron chi connectivity index (χ3n) is 20.6. The second kappa shape index (κ2) is 40.6. The van der Waals surface area contributed by atoms with Gasteiger partial charge in [-0.05, 0) is 41.5 Å². The maximum atomic E-state index is 13.0. The summed E-state index contributed by atoms with van der Waals surface area (Å²) < 4.78 is 142. The van der Waals surface area contributed by atoms with Crippen molar-refractivity contribution in [2.45, 2.75) is 197 Å². The van der Waals surface area contributed by atoms with Crippen molar-refractivity contribution < 1.29 is 116 Å². The van der Waals surface area contributed by atoms with Crippen LogP contribution in [0, 0.1) is 21.7 Å². The van der Waals surface area contributed by atoms with Gasteiger partial charge < -0.3 is 52.1 Å². The fourth-order valence-corrected chi connectivity index (χ4v) is 23.6. The number of aliphatic hydroxyl groups excluding tert-OH is 2. The molecule has 0 aromatic carbocycles. The van der Waals surface area contributed by atoms with Crippen molar-refractivity contribution in [2.24, 2.45) is 21.7 Å². The minimum absolute atomic E-state index is 0.000798. The van der Waals surface area contributed by atoms with E-state index in [1.807, 2.05) is 62.3 Å². The molecule has 10 N–H and O–H groups in total. The number of imidazole rings is 4. The first kappa shape index (κ1) is 103. The molecule has 7 saturated heterocycles. The van der Waals surface area contributed by atoms with Crippen molar-refractivity contribution >= 4 is 214 Å². The number of thioether (sulfide) groups is 4. The summed E-state index contributed by atoms with van der Waals surface area (Å²) in [5.74, 6) is 2.11. The van der Waals surface area contributed by atoms with E-state index < -0.39 is 147 Å². The summed E-state index contributed by atoms with van der Waals surface area (Å²) in [7, 11) is -14.2. The Hall–Kier alpha value is -5.25. The highest BCUT2D eigenvalue weighted by molar-refractivity contribution is 8.14. The van der Waals surface area contributed by atoms with E-state index in [1.54, 1.807) is 59.8 Å². The van der Waals surface area contributed by atoms with Gasteiger partial charge in [0, 0.05) is 43.8 Å². The third-order valence-corrected chi connectivity index (χ3v) is 32.2. The van der Waals surface area contributed by atoms with Crippen LogP contribution < -0.4 is 22.9 Å². The van der Waals surface area contributed by atoms with Crippen LogP contribution in [-0.4, -0.2) is 260 Å². The summed E-state index contributed by atoms with van der Waals surface area (Å²) in [6.07, 6.45) is 1.99. The number of nitrogens with two attached hydrogens (primary N) is 4. The first-order valence-corrected chi connectivity index (χ1v) is 50.7. The molecule has 0 spiro atoms. The van der Waals surface area contributed by atoms with E-state index in [-0.39, 0.29) is 109 Å². The molecule has 0 saturated carbocycles. The predicted octanol–water partition coefficient (Wildman–Crippen LogP) is 11.1. The Morgan fingerprint density at radius 2 is 0.729 bits per heavy atom. The lowest BCUT2D eigenvalue weighted by Gasteiger charge is -2.34. The molecular formula is C72H101Cl4N20O25P4S4+. The van der Waals surface area contributed by atoms with Gasteiger partial charge in [-0.1, -0.05) is 109 Å². The lowest BCUT2D eigenvalue weighted by atomic mass is 9.97. The number of ether oxygens (including phenoxy) is 4. The number of aliphatic hydroxyl groups is 2. The summed E-state index contributed by atoms with van der Waals surface area (Å²) in [5.41, 5.74) is 24.5. The standard InChI is InChI=1S/C18H26ClN5O7PS.3C18H25ClN5O6PS/c1-17(2,7-25)16(27)33-5-4-29-32(28)30-6-10-12(26)18(3,19)15(31-10)24-9-23-11-13(20)21-8-22-14(11)24;3*1-17(2,3)16(25)32-6-5-27-31(26)28-7-10-12(30-31)18(4,19)15(29-10)24-9-23-11-13(20)21-8-22-14(11)24/h8-10,12,15,25-26H,4-7H2,1-3H3,(H2,20,21,22);3*8-10,12,15H,5-7H2,1-4H3,(H2,20,21,22)/q+1;;;/t10-,12-,15-,18-;10-,12-,15-,18-,31?;10-,12-,15-,18-,31+;10-,12-,15-,18-,31-/m1111/s1. The minimum atomic E-state index is -3.88. The molecule has 7 aliphatic heterocycles. The van der Waals surface area contributed by atoms with Crippen molar-refractivity contribution in [1.29, 1.82) is 0 Å². The van der Waals surface area contributed by atoms with Gasteiger partial charge in [0.05, 0.1) is 77.0 Å². The fraction of sp³-hybridized carbons (Fsp3) is 0.667. The largest absolute Gasteiger partial charge is 0.697 e. The molecule has 7 aliphatic rings. The number of aromatic nitrogens is 16. The van der Waals surface area contributed by atoms with Crippen LogP contribution in [0.3, 0.4) is 0 Å². The number of nitrogen functional groups attached to an aromatic ring is 4. The van der Waals surface area contributed by atoms with E-state index in [0.717, 1.165) is 47.0 Å². The second-order valence-electron chi connectivity index (χ2n) is 34.5. The maximum Gasteiger partial charge on any atom is 0.697 e. The highest BCUT2D eigenvalue weighted by Gasteiger charge is 2.64. The highest BCUT2D eigenvalue weighted by atomic mass is 35.5. The number of nitrogens with zero attached hydrogens (tertiary/aromatic N) is 16. The Morgan fingerprint density at radius 3 is 1.02 bits per heavy atom. The molecule has 710 valence electrons. The number of carbonyl (C=O) groups excluding carboxylic acids is 4. The van der Waals surface area contributed by atoms with Crippen LogP contribution in [0.1, 0.15) is 129 Å². The first-order chi connectivity index (χ1) is 60.3. The van der Waals surface area contributed by atoms with Gasteiger partial charge in [0.1, 0.15) is 129 Å². The molecule has 7 fully saturated rings. The summed E-state index contributed by atoms with van der Waals surface area (Å²) in [5, 5.41) is 19.7. The average molecular weight is 2040 g/mol. The molecule has 0 amide bonds. The van der Waals surface area contributed by atoms with Gasteiger partial charge in [0.2, 0.25) is 0 Å². The Morgan fingerprint density at radius 1 is 0.450 bits per heavy atom. The molecule has 0 radical (unpaired) electrons. The zero-order valence-electron chi connectivity index (χ0n) is 72.4. The SMILES string of the molecule is CC(C)(C)C(=O)SCCOP1(=O)OC[C@H]2O[C@@H](n3cnc4c(N)ncnc43)[C@](C)(Cl)[C@@H]2O1.CC(C)(C)C(=O)SCCO[P@@]1(=O)OC[C@H]2O[C@@H](n3cnc4c(N)ncnc43)[C@](C)(Cl)[C@@H]2O1.CC(C)(C)C(=O)SCCO[P@]1(=O)OC[C@H]2O[C@@H](n3cnc4c(N)ncnc43)[C@](C)(Cl)[C@@H]2O1.CC(C)(CO)C(=O)SCCO[P+](=O)OC[C@H]1O[C@@H](n2cnc3c(N)ncnc32)[C@](C)(Cl)[C@@H]1O. The molecule has 20 atom stereocenters. The molecular weight excluding hydrogens is 1940 g/mol. The Balaban J connectivity index is 0.000000156. The minimum Gasteiger partial charge on any atom is -0.395 e. The van der Waals surface area contributed by atoms with Crippen molar-refractivity contribution in [1.82, 2.24) is 78.1 Å². The van der Waals surface area contributed by atoms with E-state index in [9.17, 15) is 47.7 Å².